The number of hydrogen-bond donors (Lipinski definition) is 1. The number of halogens is 3. The van der Waals surface area contributed by atoms with E-state index in [-0.39, 0.29) is 17.8 Å². The summed E-state index contributed by atoms with van der Waals surface area (Å²) in [5, 5.41) is 2.43. The third-order valence-corrected chi connectivity index (χ3v) is 4.52. The molecule has 2 aromatic rings. The zero-order chi connectivity index (χ0) is 18.8. The van der Waals surface area contributed by atoms with Gasteiger partial charge in [0.2, 0.25) is 11.8 Å². The Hall–Kier alpha value is -2.83. The summed E-state index contributed by atoms with van der Waals surface area (Å²) < 4.78 is 39.7. The molecule has 4 nitrogen and oxygen atoms in total. The van der Waals surface area contributed by atoms with Crippen molar-refractivity contribution in [2.24, 2.45) is 5.92 Å². The van der Waals surface area contributed by atoms with Crippen LogP contribution in [0.2, 0.25) is 0 Å². The number of rotatable bonds is 4. The second kappa shape index (κ2) is 7.19. The van der Waals surface area contributed by atoms with Crippen LogP contribution in [0, 0.1) is 11.7 Å². The van der Waals surface area contributed by atoms with E-state index in [1.54, 1.807) is 19.2 Å². The molecule has 3 rings (SSSR count). The monoisotopic (exact) mass is 362 g/mol. The fourth-order valence-electron chi connectivity index (χ4n) is 3.19. The van der Waals surface area contributed by atoms with Gasteiger partial charge in [0.15, 0.2) is 0 Å². The smallest absolute Gasteiger partial charge is 0.263 e. The number of benzene rings is 2. The molecule has 1 fully saturated rings. The van der Waals surface area contributed by atoms with Gasteiger partial charge in [-0.15, -0.1) is 0 Å². The highest BCUT2D eigenvalue weighted by molar-refractivity contribution is 6.08. The lowest BCUT2D eigenvalue weighted by molar-refractivity contribution is -0.135. The molecular formula is C19H17F3N2O2. The van der Waals surface area contributed by atoms with E-state index in [0.717, 1.165) is 0 Å². The summed E-state index contributed by atoms with van der Waals surface area (Å²) in [7, 11) is 1.54. The number of carbonyl (C=O) groups excluding carboxylic acids is 2. The number of anilines is 1. The summed E-state index contributed by atoms with van der Waals surface area (Å²) in [6.07, 6.45) is -2.64. The normalized spacial score (nSPS) is 19.9. The number of nitrogens with zero attached hydrogens (tertiary/aromatic N) is 1. The third kappa shape index (κ3) is 3.42. The molecule has 1 aliphatic rings. The largest absolute Gasteiger partial charge is 0.344 e. The maximum absolute atomic E-state index is 13.8. The number of nitrogens with one attached hydrogen (secondary N) is 1. The summed E-state index contributed by atoms with van der Waals surface area (Å²) in [6, 6.07) is 11.3. The number of likely N-dealkylation sites (tertiary alicyclic amines) is 1. The lowest BCUT2D eigenvalue weighted by atomic mass is 9.87. The molecule has 0 spiro atoms. The first-order chi connectivity index (χ1) is 12.4. The second-order valence-electron chi connectivity index (χ2n) is 6.24. The highest BCUT2D eigenvalue weighted by atomic mass is 19.3. The number of para-hydroxylation sites is 1. The molecule has 0 aromatic heterocycles. The van der Waals surface area contributed by atoms with E-state index < -0.39 is 35.9 Å². The number of carbonyl (C=O) groups is 2. The van der Waals surface area contributed by atoms with Crippen LogP contribution < -0.4 is 5.32 Å². The van der Waals surface area contributed by atoms with E-state index in [2.05, 4.69) is 5.32 Å². The average Bonchev–Trinajstić information content (AvgIpc) is 2.92. The molecule has 0 unspecified atom stereocenters. The standard InChI is InChI=1S/C19H17F3N2O2/c1-24-10-13(11-5-4-6-12(9-11)17(21)22)16(19(24)26)18(25)23-15-8-3-2-7-14(15)20/h2-9,13,16-17H,10H2,1H3,(H,23,25)/t13-,16+/m1/s1. The van der Waals surface area contributed by atoms with Crippen molar-refractivity contribution in [3.8, 4) is 0 Å². The van der Waals surface area contributed by atoms with Gasteiger partial charge < -0.3 is 10.2 Å². The van der Waals surface area contributed by atoms with Gasteiger partial charge in [0.25, 0.3) is 6.43 Å². The van der Waals surface area contributed by atoms with Gasteiger partial charge in [-0.2, -0.15) is 0 Å². The molecule has 2 aromatic carbocycles. The third-order valence-electron chi connectivity index (χ3n) is 4.52. The SMILES string of the molecule is CN1C[C@H](c2cccc(C(F)F)c2)[C@@H](C(=O)Nc2ccccc2F)C1=O. The first kappa shape index (κ1) is 18.0. The molecular weight excluding hydrogens is 345 g/mol. The zero-order valence-corrected chi connectivity index (χ0v) is 14.0. The van der Waals surface area contributed by atoms with Crippen molar-refractivity contribution in [2.75, 3.05) is 18.9 Å². The van der Waals surface area contributed by atoms with Crippen LogP contribution in [0.3, 0.4) is 0 Å². The molecule has 1 heterocycles. The van der Waals surface area contributed by atoms with Crippen molar-refractivity contribution in [3.05, 3.63) is 65.5 Å². The van der Waals surface area contributed by atoms with E-state index in [1.165, 1.54) is 41.3 Å². The molecule has 0 aliphatic carbocycles. The van der Waals surface area contributed by atoms with Crippen LogP contribution in [0.4, 0.5) is 18.9 Å². The predicted molar refractivity (Wildman–Crippen MR) is 90.3 cm³/mol. The molecule has 7 heteroatoms. The van der Waals surface area contributed by atoms with Crippen molar-refractivity contribution in [1.82, 2.24) is 4.90 Å². The van der Waals surface area contributed by atoms with E-state index in [4.69, 9.17) is 0 Å². The van der Waals surface area contributed by atoms with E-state index >= 15 is 0 Å². The van der Waals surface area contributed by atoms with Crippen molar-refractivity contribution in [2.45, 2.75) is 12.3 Å². The van der Waals surface area contributed by atoms with Crippen molar-refractivity contribution in [3.63, 3.8) is 0 Å². The lowest BCUT2D eigenvalue weighted by Crippen LogP contribution is -2.33. The molecule has 0 bridgehead atoms. The minimum absolute atomic E-state index is 0.0278. The summed E-state index contributed by atoms with van der Waals surface area (Å²) >= 11 is 0. The minimum Gasteiger partial charge on any atom is -0.344 e. The Bertz CT molecular complexity index is 841. The van der Waals surface area contributed by atoms with Crippen molar-refractivity contribution < 1.29 is 22.8 Å². The van der Waals surface area contributed by atoms with Gasteiger partial charge in [-0.25, -0.2) is 13.2 Å². The molecule has 1 saturated heterocycles. The highest BCUT2D eigenvalue weighted by Gasteiger charge is 2.44. The molecule has 136 valence electrons. The van der Waals surface area contributed by atoms with Gasteiger partial charge in [0.1, 0.15) is 11.7 Å². The van der Waals surface area contributed by atoms with Gasteiger partial charge >= 0.3 is 0 Å². The lowest BCUT2D eigenvalue weighted by Gasteiger charge is -2.18. The Morgan fingerprint density at radius 2 is 1.92 bits per heavy atom. The first-order valence-corrected chi connectivity index (χ1v) is 8.07. The maximum atomic E-state index is 13.8. The number of alkyl halides is 2. The van der Waals surface area contributed by atoms with Crippen LogP contribution >= 0.6 is 0 Å². The zero-order valence-electron chi connectivity index (χ0n) is 14.0. The van der Waals surface area contributed by atoms with Crippen LogP contribution in [-0.2, 0) is 9.59 Å². The molecule has 0 radical (unpaired) electrons. The molecule has 2 amide bonds. The Balaban J connectivity index is 1.90. The number of likely N-dealkylation sites (N-methyl/N-ethyl adjacent to an activating group) is 1. The Labute approximate surface area is 148 Å². The Morgan fingerprint density at radius 1 is 1.19 bits per heavy atom. The Morgan fingerprint density at radius 3 is 2.62 bits per heavy atom. The topological polar surface area (TPSA) is 49.4 Å². The van der Waals surface area contributed by atoms with Gasteiger partial charge in [-0.05, 0) is 23.8 Å². The maximum Gasteiger partial charge on any atom is 0.263 e. The van der Waals surface area contributed by atoms with Crippen LogP contribution in [0.25, 0.3) is 0 Å². The van der Waals surface area contributed by atoms with E-state index in [1.807, 2.05) is 0 Å². The molecule has 26 heavy (non-hydrogen) atoms. The van der Waals surface area contributed by atoms with Gasteiger partial charge in [0.05, 0.1) is 5.69 Å². The second-order valence-corrected chi connectivity index (χ2v) is 6.24. The molecule has 0 saturated carbocycles. The summed E-state index contributed by atoms with van der Waals surface area (Å²) in [6.45, 7) is 0.223. The molecule has 1 N–H and O–H groups in total. The minimum atomic E-state index is -2.64. The molecule has 1 aliphatic heterocycles. The van der Waals surface area contributed by atoms with Crippen molar-refractivity contribution in [1.29, 1.82) is 0 Å². The van der Waals surface area contributed by atoms with Crippen LogP contribution in [0.15, 0.2) is 48.5 Å². The summed E-state index contributed by atoms with van der Waals surface area (Å²) in [4.78, 5) is 26.5. The van der Waals surface area contributed by atoms with Crippen LogP contribution in [-0.4, -0.2) is 30.3 Å². The van der Waals surface area contributed by atoms with Crippen LogP contribution in [0.5, 0.6) is 0 Å². The summed E-state index contributed by atoms with van der Waals surface area (Å²) in [5.41, 5.74) is 0.284. The van der Waals surface area contributed by atoms with Crippen molar-refractivity contribution >= 4 is 17.5 Å². The van der Waals surface area contributed by atoms with Gasteiger partial charge in [0, 0.05) is 25.1 Å². The Kier molecular flexibility index (Phi) is 4.97. The fraction of sp³-hybridized carbons (Fsp3) is 0.263. The van der Waals surface area contributed by atoms with E-state index in [9.17, 15) is 22.8 Å². The summed E-state index contributed by atoms with van der Waals surface area (Å²) in [5.74, 6) is -3.38. The fourth-order valence-corrected chi connectivity index (χ4v) is 3.19. The molecule has 2 atom stereocenters. The number of amides is 2. The van der Waals surface area contributed by atoms with Gasteiger partial charge in [-0.1, -0.05) is 30.3 Å². The highest BCUT2D eigenvalue weighted by Crippen LogP contribution is 2.35. The predicted octanol–water partition coefficient (Wildman–Crippen LogP) is 3.57. The first-order valence-electron chi connectivity index (χ1n) is 8.07. The average molecular weight is 362 g/mol. The number of hydrogen-bond acceptors (Lipinski definition) is 2. The van der Waals surface area contributed by atoms with Gasteiger partial charge in [-0.3, -0.25) is 9.59 Å². The van der Waals surface area contributed by atoms with E-state index in [0.29, 0.717) is 5.56 Å². The van der Waals surface area contributed by atoms with Crippen LogP contribution in [0.1, 0.15) is 23.5 Å². The quantitative estimate of drug-likeness (QED) is 0.846.